The summed E-state index contributed by atoms with van der Waals surface area (Å²) in [5.41, 5.74) is 8.12. The molecule has 0 atom stereocenters. The normalized spacial score (nSPS) is 10.6. The molecule has 7 nitrogen and oxygen atoms in total. The Labute approximate surface area is 120 Å². The van der Waals surface area contributed by atoms with E-state index in [0.717, 1.165) is 5.56 Å². The monoisotopic (exact) mass is 286 g/mol. The van der Waals surface area contributed by atoms with Crippen molar-refractivity contribution in [3.8, 4) is 34.1 Å². The number of methoxy groups -OCH3 is 2. The van der Waals surface area contributed by atoms with E-state index in [4.69, 9.17) is 19.7 Å². The molecule has 2 aromatic heterocycles. The second kappa shape index (κ2) is 5.20. The fourth-order valence-corrected chi connectivity index (χ4v) is 2.14. The maximum absolute atomic E-state index is 5.93. The molecule has 108 valence electrons. The molecule has 0 spiro atoms. The molecule has 0 unspecified atom stereocenters. The number of benzene rings is 1. The van der Waals surface area contributed by atoms with E-state index in [1.165, 1.54) is 0 Å². The maximum atomic E-state index is 5.93. The van der Waals surface area contributed by atoms with Gasteiger partial charge in [0.25, 0.3) is 0 Å². The Balaban J connectivity index is 2.15. The summed E-state index contributed by atoms with van der Waals surface area (Å²) < 4.78 is 15.8. The zero-order valence-corrected chi connectivity index (χ0v) is 11.6. The summed E-state index contributed by atoms with van der Waals surface area (Å²) in [4.78, 5) is 0. The highest BCUT2D eigenvalue weighted by Gasteiger charge is 2.20. The predicted octanol–water partition coefficient (Wildman–Crippen LogP) is 2.33. The van der Waals surface area contributed by atoms with Crippen LogP contribution in [0.4, 0.5) is 5.82 Å². The van der Waals surface area contributed by atoms with Crippen LogP contribution in [0.5, 0.6) is 11.5 Å². The Bertz CT molecular complexity index is 750. The number of aromatic nitrogens is 3. The zero-order valence-electron chi connectivity index (χ0n) is 11.6. The van der Waals surface area contributed by atoms with E-state index in [9.17, 15) is 0 Å². The standard InChI is InChI=1S/C14H14N4O3/c1-19-10-4-3-8(7-11(10)20-2)12-13(21-18-14(12)15)9-5-6-16-17-9/h3-7H,1-2H3,(H2,15,18)(H,16,17). The van der Waals surface area contributed by atoms with Crippen LogP contribution < -0.4 is 15.2 Å². The number of nitrogen functional groups attached to an aromatic ring is 1. The quantitative estimate of drug-likeness (QED) is 0.763. The van der Waals surface area contributed by atoms with Crippen molar-refractivity contribution < 1.29 is 14.0 Å². The molecule has 0 saturated carbocycles. The highest BCUT2D eigenvalue weighted by atomic mass is 16.5. The maximum Gasteiger partial charge on any atom is 0.194 e. The van der Waals surface area contributed by atoms with Gasteiger partial charge in [-0.3, -0.25) is 5.10 Å². The van der Waals surface area contributed by atoms with Gasteiger partial charge in [-0.25, -0.2) is 0 Å². The highest BCUT2D eigenvalue weighted by Crippen LogP contribution is 2.39. The molecule has 0 saturated heterocycles. The van der Waals surface area contributed by atoms with Crippen molar-refractivity contribution in [2.45, 2.75) is 0 Å². The van der Waals surface area contributed by atoms with Gasteiger partial charge in [-0.1, -0.05) is 11.2 Å². The van der Waals surface area contributed by atoms with Crippen LogP contribution in [0, 0.1) is 0 Å². The number of anilines is 1. The second-order valence-corrected chi connectivity index (χ2v) is 4.31. The molecule has 21 heavy (non-hydrogen) atoms. The predicted molar refractivity (Wildman–Crippen MR) is 77.0 cm³/mol. The summed E-state index contributed by atoms with van der Waals surface area (Å²) in [6.45, 7) is 0. The van der Waals surface area contributed by atoms with E-state index in [1.807, 2.05) is 12.1 Å². The Hall–Kier alpha value is -2.96. The van der Waals surface area contributed by atoms with Crippen LogP contribution in [-0.2, 0) is 0 Å². The van der Waals surface area contributed by atoms with Crippen molar-refractivity contribution >= 4 is 5.82 Å². The van der Waals surface area contributed by atoms with Crippen LogP contribution in [-0.4, -0.2) is 29.6 Å². The lowest BCUT2D eigenvalue weighted by Crippen LogP contribution is -1.93. The molecule has 0 amide bonds. The highest BCUT2D eigenvalue weighted by molar-refractivity contribution is 5.86. The Kier molecular flexibility index (Phi) is 3.23. The van der Waals surface area contributed by atoms with E-state index in [1.54, 1.807) is 32.5 Å². The number of nitrogens with zero attached hydrogens (tertiary/aromatic N) is 2. The van der Waals surface area contributed by atoms with E-state index >= 15 is 0 Å². The van der Waals surface area contributed by atoms with Crippen molar-refractivity contribution in [2.75, 3.05) is 20.0 Å². The smallest absolute Gasteiger partial charge is 0.194 e. The first kappa shape index (κ1) is 13.0. The molecule has 2 heterocycles. The molecule has 3 N–H and O–H groups in total. The third kappa shape index (κ3) is 2.18. The van der Waals surface area contributed by atoms with Gasteiger partial charge in [0, 0.05) is 6.20 Å². The summed E-state index contributed by atoms with van der Waals surface area (Å²) in [5, 5.41) is 10.6. The van der Waals surface area contributed by atoms with Gasteiger partial charge < -0.3 is 19.7 Å². The average molecular weight is 286 g/mol. The third-order valence-corrected chi connectivity index (χ3v) is 3.14. The average Bonchev–Trinajstić information content (AvgIpc) is 3.15. The molecule has 0 aliphatic rings. The summed E-state index contributed by atoms with van der Waals surface area (Å²) in [5.74, 6) is 2.06. The number of nitrogens with one attached hydrogen (secondary N) is 1. The van der Waals surface area contributed by atoms with Crippen molar-refractivity contribution in [1.29, 1.82) is 0 Å². The molecular weight excluding hydrogens is 272 g/mol. The van der Waals surface area contributed by atoms with Crippen LogP contribution >= 0.6 is 0 Å². The molecule has 0 aliphatic carbocycles. The van der Waals surface area contributed by atoms with Crippen LogP contribution in [0.15, 0.2) is 35.0 Å². The molecular formula is C14H14N4O3. The SMILES string of the molecule is COc1ccc(-c2c(N)noc2-c2ccn[nH]2)cc1OC. The lowest BCUT2D eigenvalue weighted by Gasteiger charge is -2.09. The van der Waals surface area contributed by atoms with Crippen molar-refractivity contribution in [3.63, 3.8) is 0 Å². The van der Waals surface area contributed by atoms with Gasteiger partial charge >= 0.3 is 0 Å². The summed E-state index contributed by atoms with van der Waals surface area (Å²) in [6.07, 6.45) is 1.63. The second-order valence-electron chi connectivity index (χ2n) is 4.31. The first-order valence-corrected chi connectivity index (χ1v) is 6.22. The largest absolute Gasteiger partial charge is 0.493 e. The number of rotatable bonds is 4. The topological polar surface area (TPSA) is 99.2 Å². The fraction of sp³-hybridized carbons (Fsp3) is 0.143. The van der Waals surface area contributed by atoms with Gasteiger partial charge in [-0.15, -0.1) is 0 Å². The van der Waals surface area contributed by atoms with Gasteiger partial charge in [-0.05, 0) is 23.8 Å². The Morgan fingerprint density at radius 3 is 2.62 bits per heavy atom. The molecule has 7 heteroatoms. The van der Waals surface area contributed by atoms with Crippen molar-refractivity contribution in [1.82, 2.24) is 15.4 Å². The summed E-state index contributed by atoms with van der Waals surface area (Å²) >= 11 is 0. The first-order chi connectivity index (χ1) is 10.2. The minimum Gasteiger partial charge on any atom is -0.493 e. The van der Waals surface area contributed by atoms with Gasteiger partial charge in [0.2, 0.25) is 0 Å². The van der Waals surface area contributed by atoms with E-state index < -0.39 is 0 Å². The van der Waals surface area contributed by atoms with Gasteiger partial charge in [0.05, 0.1) is 19.8 Å². The molecule has 0 fully saturated rings. The minimum atomic E-state index is 0.298. The lowest BCUT2D eigenvalue weighted by molar-refractivity contribution is 0.355. The third-order valence-electron chi connectivity index (χ3n) is 3.14. The number of nitrogens with two attached hydrogens (primary N) is 1. The molecule has 3 rings (SSSR count). The van der Waals surface area contributed by atoms with E-state index in [-0.39, 0.29) is 0 Å². The molecule has 0 aliphatic heterocycles. The van der Waals surface area contributed by atoms with Crippen LogP contribution in [0.3, 0.4) is 0 Å². The first-order valence-electron chi connectivity index (χ1n) is 6.22. The van der Waals surface area contributed by atoms with Crippen molar-refractivity contribution in [3.05, 3.63) is 30.5 Å². The number of aromatic amines is 1. The summed E-state index contributed by atoms with van der Waals surface area (Å²) in [6, 6.07) is 7.27. The molecule has 0 radical (unpaired) electrons. The minimum absolute atomic E-state index is 0.298. The fourth-order valence-electron chi connectivity index (χ4n) is 2.14. The number of hydrogen-bond donors (Lipinski definition) is 2. The Morgan fingerprint density at radius 2 is 1.95 bits per heavy atom. The lowest BCUT2D eigenvalue weighted by atomic mass is 10.0. The molecule has 1 aromatic carbocycles. The van der Waals surface area contributed by atoms with E-state index in [0.29, 0.717) is 34.3 Å². The molecule has 3 aromatic rings. The Morgan fingerprint density at radius 1 is 1.14 bits per heavy atom. The summed E-state index contributed by atoms with van der Waals surface area (Å²) in [7, 11) is 3.16. The number of ether oxygens (including phenoxy) is 2. The van der Waals surface area contributed by atoms with Crippen LogP contribution in [0.2, 0.25) is 0 Å². The van der Waals surface area contributed by atoms with Crippen LogP contribution in [0.1, 0.15) is 0 Å². The molecule has 0 bridgehead atoms. The van der Waals surface area contributed by atoms with Crippen molar-refractivity contribution in [2.24, 2.45) is 0 Å². The van der Waals surface area contributed by atoms with E-state index in [2.05, 4.69) is 15.4 Å². The van der Waals surface area contributed by atoms with Gasteiger partial charge in [0.1, 0.15) is 5.69 Å². The van der Waals surface area contributed by atoms with Gasteiger partial charge in [0.15, 0.2) is 23.1 Å². The number of hydrogen-bond acceptors (Lipinski definition) is 6. The van der Waals surface area contributed by atoms with Crippen LogP contribution in [0.25, 0.3) is 22.6 Å². The zero-order chi connectivity index (χ0) is 14.8. The number of H-pyrrole nitrogens is 1. The van der Waals surface area contributed by atoms with Gasteiger partial charge in [-0.2, -0.15) is 5.10 Å².